The van der Waals surface area contributed by atoms with Gasteiger partial charge in [0.05, 0.1) is 37.1 Å². The lowest BCUT2D eigenvalue weighted by Gasteiger charge is -2.21. The van der Waals surface area contributed by atoms with Crippen molar-refractivity contribution in [2.24, 2.45) is 0 Å². The second-order valence-electron chi connectivity index (χ2n) is 6.77. The van der Waals surface area contributed by atoms with E-state index in [1.54, 1.807) is 31.0 Å². The topological polar surface area (TPSA) is 109 Å². The van der Waals surface area contributed by atoms with Crippen molar-refractivity contribution in [3.8, 4) is 11.8 Å². The molecule has 1 N–H and O–H groups in total. The van der Waals surface area contributed by atoms with Crippen LogP contribution in [0, 0.1) is 11.3 Å². The number of rotatable bonds is 6. The maximum atomic E-state index is 12.0. The van der Waals surface area contributed by atoms with Crippen molar-refractivity contribution in [1.82, 2.24) is 24.5 Å². The van der Waals surface area contributed by atoms with E-state index in [-0.39, 0.29) is 10.7 Å². The molecular formula is C22H17ClN6O2. The van der Waals surface area contributed by atoms with E-state index in [2.05, 4.69) is 26.0 Å². The Morgan fingerprint density at radius 2 is 2.10 bits per heavy atom. The van der Waals surface area contributed by atoms with Gasteiger partial charge >= 0.3 is 0 Å². The average molecular weight is 433 g/mol. The Morgan fingerprint density at radius 3 is 2.84 bits per heavy atom. The van der Waals surface area contributed by atoms with Gasteiger partial charge in [-0.2, -0.15) is 5.26 Å². The van der Waals surface area contributed by atoms with Crippen molar-refractivity contribution in [3.63, 3.8) is 0 Å². The molecule has 0 aliphatic heterocycles. The standard InChI is InChI=1S/C22H17ClN6O2/c1-31-19-7-14(2-3-16(19)9-24)6-17-10-26-13-29(17)22(15-4-5-27-21(30)8-15)18-11-25-12-20(23)28-18/h2-5,7-8,10-13,22H,6H2,1H3,(H,27,30). The molecule has 154 valence electrons. The van der Waals surface area contributed by atoms with Crippen molar-refractivity contribution in [2.75, 3.05) is 7.11 Å². The number of aromatic nitrogens is 5. The Morgan fingerprint density at radius 1 is 1.23 bits per heavy atom. The third-order valence-electron chi connectivity index (χ3n) is 4.81. The lowest BCUT2D eigenvalue weighted by Crippen LogP contribution is -2.18. The summed E-state index contributed by atoms with van der Waals surface area (Å²) < 4.78 is 7.25. The van der Waals surface area contributed by atoms with Crippen molar-refractivity contribution in [1.29, 1.82) is 5.26 Å². The molecule has 1 aromatic carbocycles. The van der Waals surface area contributed by atoms with Crippen molar-refractivity contribution < 1.29 is 4.74 Å². The number of nitriles is 1. The van der Waals surface area contributed by atoms with Gasteiger partial charge in [0, 0.05) is 30.6 Å². The minimum atomic E-state index is -0.453. The number of halogens is 1. The number of pyridine rings is 1. The number of ether oxygens (including phenoxy) is 1. The van der Waals surface area contributed by atoms with E-state index < -0.39 is 6.04 Å². The molecule has 1 unspecified atom stereocenters. The summed E-state index contributed by atoms with van der Waals surface area (Å²) in [6.07, 6.45) is 8.62. The van der Waals surface area contributed by atoms with Crippen LogP contribution < -0.4 is 10.3 Å². The van der Waals surface area contributed by atoms with Gasteiger partial charge in [0.15, 0.2) is 0 Å². The minimum absolute atomic E-state index is 0.226. The summed E-state index contributed by atoms with van der Waals surface area (Å²) in [6, 6.07) is 10.4. The lowest BCUT2D eigenvalue weighted by molar-refractivity contribution is 0.413. The molecule has 4 aromatic rings. The van der Waals surface area contributed by atoms with Crippen molar-refractivity contribution >= 4 is 11.6 Å². The molecule has 4 rings (SSSR count). The smallest absolute Gasteiger partial charge is 0.248 e. The predicted molar refractivity (Wildman–Crippen MR) is 114 cm³/mol. The highest BCUT2D eigenvalue weighted by molar-refractivity contribution is 6.29. The second kappa shape index (κ2) is 8.81. The molecular weight excluding hydrogens is 416 g/mol. The van der Waals surface area contributed by atoms with Gasteiger partial charge in [-0.3, -0.25) is 9.78 Å². The van der Waals surface area contributed by atoms with E-state index in [0.717, 1.165) is 16.8 Å². The van der Waals surface area contributed by atoms with Gasteiger partial charge in [-0.1, -0.05) is 17.7 Å². The van der Waals surface area contributed by atoms with Crippen LogP contribution in [0.25, 0.3) is 0 Å². The van der Waals surface area contributed by atoms with Gasteiger partial charge in [-0.25, -0.2) is 9.97 Å². The molecule has 0 amide bonds. The predicted octanol–water partition coefficient (Wildman–Crippen LogP) is 3.12. The lowest BCUT2D eigenvalue weighted by atomic mass is 10.0. The molecule has 0 fully saturated rings. The van der Waals surface area contributed by atoms with Crippen molar-refractivity contribution in [3.05, 3.63) is 105 Å². The van der Waals surface area contributed by atoms with E-state index >= 15 is 0 Å². The van der Waals surface area contributed by atoms with Gasteiger partial charge in [-0.15, -0.1) is 0 Å². The van der Waals surface area contributed by atoms with Crippen LogP contribution in [-0.2, 0) is 6.42 Å². The highest BCUT2D eigenvalue weighted by Crippen LogP contribution is 2.28. The molecule has 0 radical (unpaired) electrons. The molecule has 1 atom stereocenters. The number of methoxy groups -OCH3 is 1. The number of hydrogen-bond acceptors (Lipinski definition) is 6. The highest BCUT2D eigenvalue weighted by atomic mass is 35.5. The first kappa shape index (κ1) is 20.3. The van der Waals surface area contributed by atoms with E-state index in [9.17, 15) is 10.1 Å². The Hall–Kier alpha value is -3.96. The van der Waals surface area contributed by atoms with E-state index in [1.165, 1.54) is 19.4 Å². The van der Waals surface area contributed by atoms with Gasteiger partial charge in [-0.05, 0) is 29.3 Å². The molecule has 3 heterocycles. The van der Waals surface area contributed by atoms with E-state index in [4.69, 9.17) is 16.3 Å². The molecule has 3 aromatic heterocycles. The van der Waals surface area contributed by atoms with Crippen LogP contribution in [0.3, 0.4) is 0 Å². The van der Waals surface area contributed by atoms with Gasteiger partial charge in [0.2, 0.25) is 5.56 Å². The Kier molecular flexibility index (Phi) is 5.78. The maximum Gasteiger partial charge on any atom is 0.248 e. The van der Waals surface area contributed by atoms with E-state index in [1.807, 2.05) is 22.8 Å². The van der Waals surface area contributed by atoms with Crippen LogP contribution in [0.15, 0.2) is 66.2 Å². The number of hydrogen-bond donors (Lipinski definition) is 1. The zero-order valence-electron chi connectivity index (χ0n) is 16.5. The largest absolute Gasteiger partial charge is 0.495 e. The van der Waals surface area contributed by atoms with Crippen LogP contribution in [0.5, 0.6) is 5.75 Å². The highest BCUT2D eigenvalue weighted by Gasteiger charge is 2.22. The van der Waals surface area contributed by atoms with Crippen LogP contribution in [-0.4, -0.2) is 31.6 Å². The molecule has 0 bridgehead atoms. The second-order valence-corrected chi connectivity index (χ2v) is 7.16. The first-order valence-electron chi connectivity index (χ1n) is 9.33. The maximum absolute atomic E-state index is 12.0. The van der Waals surface area contributed by atoms with Gasteiger partial charge in [0.25, 0.3) is 0 Å². The van der Waals surface area contributed by atoms with Gasteiger partial charge < -0.3 is 14.3 Å². The third kappa shape index (κ3) is 4.32. The SMILES string of the molecule is COc1cc(Cc2cncn2C(c2cc[nH]c(=O)c2)c2cncc(Cl)n2)ccc1C#N. The normalized spacial score (nSPS) is 11.6. The summed E-state index contributed by atoms with van der Waals surface area (Å²) in [7, 11) is 1.53. The number of imidazole rings is 1. The monoisotopic (exact) mass is 432 g/mol. The van der Waals surface area contributed by atoms with Crippen LogP contribution in [0.1, 0.15) is 34.1 Å². The van der Waals surface area contributed by atoms with Crippen LogP contribution >= 0.6 is 11.6 Å². The number of aromatic amines is 1. The zero-order valence-corrected chi connectivity index (χ0v) is 17.2. The number of nitrogens with zero attached hydrogens (tertiary/aromatic N) is 5. The number of nitrogens with one attached hydrogen (secondary N) is 1. The third-order valence-corrected chi connectivity index (χ3v) is 5.00. The number of H-pyrrole nitrogens is 1. The first-order valence-corrected chi connectivity index (χ1v) is 9.70. The van der Waals surface area contributed by atoms with Crippen LogP contribution in [0.4, 0.5) is 0 Å². The molecule has 31 heavy (non-hydrogen) atoms. The summed E-state index contributed by atoms with van der Waals surface area (Å²) in [5.41, 5.74) is 3.36. The fourth-order valence-corrected chi connectivity index (χ4v) is 3.60. The molecule has 9 heteroatoms. The first-order chi connectivity index (χ1) is 15.1. The summed E-state index contributed by atoms with van der Waals surface area (Å²) in [6.45, 7) is 0. The summed E-state index contributed by atoms with van der Waals surface area (Å²) >= 11 is 6.09. The van der Waals surface area contributed by atoms with Crippen LogP contribution in [0.2, 0.25) is 5.15 Å². The molecule has 0 aliphatic carbocycles. The molecule has 0 saturated heterocycles. The molecule has 0 saturated carbocycles. The fourth-order valence-electron chi connectivity index (χ4n) is 3.44. The quantitative estimate of drug-likeness (QED) is 0.501. The van der Waals surface area contributed by atoms with E-state index in [0.29, 0.717) is 23.4 Å². The molecule has 0 spiro atoms. The average Bonchev–Trinajstić information content (AvgIpc) is 3.21. The zero-order chi connectivity index (χ0) is 21.8. The Balaban J connectivity index is 1.79. The summed E-state index contributed by atoms with van der Waals surface area (Å²) in [5, 5.41) is 9.47. The van der Waals surface area contributed by atoms with Gasteiger partial charge in [0.1, 0.15) is 23.0 Å². The fraction of sp³-hybridized carbons (Fsp3) is 0.136. The number of benzene rings is 1. The molecule has 8 nitrogen and oxygen atoms in total. The summed E-state index contributed by atoms with van der Waals surface area (Å²) in [4.78, 5) is 27.5. The molecule has 0 aliphatic rings. The summed E-state index contributed by atoms with van der Waals surface area (Å²) in [5.74, 6) is 0.512. The van der Waals surface area contributed by atoms with Crippen molar-refractivity contribution in [2.45, 2.75) is 12.5 Å². The minimum Gasteiger partial charge on any atom is -0.495 e. The Labute approximate surface area is 182 Å². The Bertz CT molecular complexity index is 1320.